The standard InChI is InChI=1S/C23H28N4O5S/c1-4-5-13-24-21(28)19(14-16-9-7-6-8-10-16)25-33(31,32)17-11-12-20-18(15-17)22(29)27(3)23(30)26(20)2/h6-12,15,19,25H,4-5,13-14H2,1-3H3,(H,24,28)/t19-/m1/s1. The van der Waals surface area contributed by atoms with Gasteiger partial charge < -0.3 is 5.32 Å². The van der Waals surface area contributed by atoms with E-state index in [0.717, 1.165) is 23.0 Å². The number of hydrogen-bond acceptors (Lipinski definition) is 5. The van der Waals surface area contributed by atoms with Gasteiger partial charge in [-0.25, -0.2) is 13.2 Å². The van der Waals surface area contributed by atoms with Crippen LogP contribution in [0.3, 0.4) is 0 Å². The summed E-state index contributed by atoms with van der Waals surface area (Å²) in [6.07, 6.45) is 1.84. The molecule has 3 rings (SSSR count). The lowest BCUT2D eigenvalue weighted by molar-refractivity contribution is -0.122. The van der Waals surface area contributed by atoms with Gasteiger partial charge in [-0.3, -0.25) is 18.7 Å². The lowest BCUT2D eigenvalue weighted by Crippen LogP contribution is -2.48. The van der Waals surface area contributed by atoms with Gasteiger partial charge in [-0.1, -0.05) is 43.7 Å². The van der Waals surface area contributed by atoms with E-state index in [0.29, 0.717) is 12.1 Å². The minimum absolute atomic E-state index is 0.0921. The van der Waals surface area contributed by atoms with Crippen LogP contribution in [0.25, 0.3) is 10.9 Å². The third-order valence-corrected chi connectivity index (χ3v) is 6.94. The zero-order valence-corrected chi connectivity index (χ0v) is 19.7. The molecule has 1 aromatic heterocycles. The Bertz CT molecular complexity index is 1380. The minimum atomic E-state index is -4.15. The Kier molecular flexibility index (Phi) is 7.50. The lowest BCUT2D eigenvalue weighted by Gasteiger charge is -2.19. The molecule has 0 aliphatic carbocycles. The van der Waals surface area contributed by atoms with Crippen molar-refractivity contribution in [3.8, 4) is 0 Å². The van der Waals surface area contributed by atoms with Gasteiger partial charge in [0, 0.05) is 20.6 Å². The van der Waals surface area contributed by atoms with Crippen LogP contribution in [0.1, 0.15) is 25.3 Å². The maximum Gasteiger partial charge on any atom is 0.330 e. The summed E-state index contributed by atoms with van der Waals surface area (Å²) in [7, 11) is -1.31. The molecule has 0 saturated heterocycles. The molecule has 1 atom stereocenters. The maximum atomic E-state index is 13.2. The van der Waals surface area contributed by atoms with E-state index in [1.54, 1.807) is 0 Å². The first-order valence-electron chi connectivity index (χ1n) is 10.7. The molecule has 0 aliphatic rings. The molecular weight excluding hydrogens is 444 g/mol. The van der Waals surface area contributed by atoms with Gasteiger partial charge in [-0.2, -0.15) is 4.72 Å². The SMILES string of the molecule is CCCCNC(=O)[C@@H](Cc1ccccc1)NS(=O)(=O)c1ccc2c(c1)c(=O)n(C)c(=O)n2C. The summed E-state index contributed by atoms with van der Waals surface area (Å²) < 4.78 is 31.1. The smallest absolute Gasteiger partial charge is 0.330 e. The van der Waals surface area contributed by atoms with Gasteiger partial charge in [-0.05, 0) is 36.6 Å². The number of rotatable bonds is 9. The molecule has 0 spiro atoms. The predicted octanol–water partition coefficient (Wildman–Crippen LogP) is 1.04. The van der Waals surface area contributed by atoms with E-state index in [4.69, 9.17) is 0 Å². The second kappa shape index (κ2) is 10.1. The third kappa shape index (κ3) is 5.40. The van der Waals surface area contributed by atoms with Crippen LogP contribution < -0.4 is 21.3 Å². The van der Waals surface area contributed by atoms with E-state index in [9.17, 15) is 22.8 Å². The third-order valence-electron chi connectivity index (χ3n) is 5.47. The number of nitrogens with zero attached hydrogens (tertiary/aromatic N) is 2. The second-order valence-corrected chi connectivity index (χ2v) is 9.61. The van der Waals surface area contributed by atoms with Crippen molar-refractivity contribution in [1.82, 2.24) is 19.2 Å². The Morgan fingerprint density at radius 1 is 1.03 bits per heavy atom. The Balaban J connectivity index is 1.97. The van der Waals surface area contributed by atoms with Crippen LogP contribution in [0.4, 0.5) is 0 Å². The van der Waals surface area contributed by atoms with Crippen molar-refractivity contribution in [2.45, 2.75) is 37.1 Å². The first-order valence-corrected chi connectivity index (χ1v) is 12.2. The van der Waals surface area contributed by atoms with Gasteiger partial charge >= 0.3 is 5.69 Å². The predicted molar refractivity (Wildman–Crippen MR) is 127 cm³/mol. The van der Waals surface area contributed by atoms with Crippen LogP contribution in [0.15, 0.2) is 63.0 Å². The summed E-state index contributed by atoms with van der Waals surface area (Å²) in [6.45, 7) is 2.44. The Hall–Kier alpha value is -3.24. The molecule has 0 unspecified atom stereocenters. The number of unbranched alkanes of at least 4 members (excludes halogenated alkanes) is 1. The number of hydrogen-bond donors (Lipinski definition) is 2. The molecule has 10 heteroatoms. The monoisotopic (exact) mass is 472 g/mol. The van der Waals surface area contributed by atoms with Crippen molar-refractivity contribution in [2.75, 3.05) is 6.54 Å². The lowest BCUT2D eigenvalue weighted by atomic mass is 10.1. The van der Waals surface area contributed by atoms with Crippen molar-refractivity contribution in [3.05, 3.63) is 74.9 Å². The molecule has 3 aromatic rings. The van der Waals surface area contributed by atoms with Crippen LogP contribution in [0.2, 0.25) is 0 Å². The summed E-state index contributed by atoms with van der Waals surface area (Å²) in [4.78, 5) is 37.3. The van der Waals surface area contributed by atoms with Gasteiger partial charge in [-0.15, -0.1) is 0 Å². The molecule has 0 bridgehead atoms. The fourth-order valence-electron chi connectivity index (χ4n) is 3.55. The highest BCUT2D eigenvalue weighted by Gasteiger charge is 2.26. The Morgan fingerprint density at radius 3 is 2.39 bits per heavy atom. The highest BCUT2D eigenvalue weighted by molar-refractivity contribution is 7.89. The summed E-state index contributed by atoms with van der Waals surface area (Å²) in [5, 5.41) is 2.87. The number of benzene rings is 2. The van der Waals surface area contributed by atoms with Gasteiger partial charge in [0.25, 0.3) is 5.56 Å². The fraction of sp³-hybridized carbons (Fsp3) is 0.348. The molecule has 1 amide bonds. The van der Waals surface area contributed by atoms with E-state index >= 15 is 0 Å². The Morgan fingerprint density at radius 2 is 1.73 bits per heavy atom. The minimum Gasteiger partial charge on any atom is -0.355 e. The molecule has 33 heavy (non-hydrogen) atoms. The summed E-state index contributed by atoms with van der Waals surface area (Å²) in [5.41, 5.74) is 0.0228. The van der Waals surface area contributed by atoms with E-state index in [2.05, 4.69) is 10.0 Å². The van der Waals surface area contributed by atoms with Crippen molar-refractivity contribution in [2.24, 2.45) is 14.1 Å². The first kappa shape index (κ1) is 24.4. The number of aromatic nitrogens is 2. The first-order chi connectivity index (χ1) is 15.7. The van der Waals surface area contributed by atoms with Crippen LogP contribution >= 0.6 is 0 Å². The number of carbonyl (C=O) groups excluding carboxylic acids is 1. The highest BCUT2D eigenvalue weighted by Crippen LogP contribution is 2.16. The van der Waals surface area contributed by atoms with Crippen LogP contribution in [0.5, 0.6) is 0 Å². The number of amides is 1. The van der Waals surface area contributed by atoms with Crippen molar-refractivity contribution in [1.29, 1.82) is 0 Å². The van der Waals surface area contributed by atoms with E-state index in [1.165, 1.54) is 36.9 Å². The normalized spacial score (nSPS) is 12.6. The van der Waals surface area contributed by atoms with Crippen LogP contribution in [0, 0.1) is 0 Å². The summed E-state index contributed by atoms with van der Waals surface area (Å²) in [6, 6.07) is 12.0. The van der Waals surface area contributed by atoms with Gasteiger partial charge in [0.1, 0.15) is 6.04 Å². The number of aryl methyl sites for hydroxylation is 1. The van der Waals surface area contributed by atoms with Crippen LogP contribution in [-0.2, 0) is 35.3 Å². The molecule has 1 heterocycles. The zero-order valence-electron chi connectivity index (χ0n) is 18.9. The van der Waals surface area contributed by atoms with E-state index in [1.807, 2.05) is 37.3 Å². The molecule has 0 saturated carbocycles. The molecule has 9 nitrogen and oxygen atoms in total. The highest BCUT2D eigenvalue weighted by atomic mass is 32.2. The molecule has 0 fully saturated rings. The molecule has 2 aromatic carbocycles. The number of sulfonamides is 1. The quantitative estimate of drug-likeness (QED) is 0.451. The number of nitrogens with one attached hydrogen (secondary N) is 2. The van der Waals surface area contributed by atoms with Gasteiger partial charge in [0.15, 0.2) is 0 Å². The molecule has 2 N–H and O–H groups in total. The second-order valence-electron chi connectivity index (χ2n) is 7.89. The summed E-state index contributed by atoms with van der Waals surface area (Å²) in [5.74, 6) is -0.421. The fourth-order valence-corrected chi connectivity index (χ4v) is 4.77. The molecular formula is C23H28N4O5S. The molecule has 0 aliphatic heterocycles. The van der Waals surface area contributed by atoms with Gasteiger partial charge in [0.05, 0.1) is 15.8 Å². The topological polar surface area (TPSA) is 119 Å². The van der Waals surface area contributed by atoms with E-state index < -0.39 is 33.2 Å². The summed E-state index contributed by atoms with van der Waals surface area (Å²) >= 11 is 0. The maximum absolute atomic E-state index is 13.2. The van der Waals surface area contributed by atoms with Crippen molar-refractivity contribution >= 4 is 26.8 Å². The van der Waals surface area contributed by atoms with Crippen molar-refractivity contribution < 1.29 is 13.2 Å². The van der Waals surface area contributed by atoms with E-state index in [-0.39, 0.29) is 16.7 Å². The van der Waals surface area contributed by atoms with Crippen molar-refractivity contribution in [3.63, 3.8) is 0 Å². The van der Waals surface area contributed by atoms with Gasteiger partial charge in [0.2, 0.25) is 15.9 Å². The largest absolute Gasteiger partial charge is 0.355 e. The molecule has 176 valence electrons. The number of fused-ring (bicyclic) bond motifs is 1. The van der Waals surface area contributed by atoms with Crippen LogP contribution in [-0.4, -0.2) is 36.0 Å². The number of carbonyl (C=O) groups is 1. The average Bonchev–Trinajstić information content (AvgIpc) is 2.81. The zero-order chi connectivity index (χ0) is 24.2. The Labute approximate surface area is 192 Å². The molecule has 0 radical (unpaired) electrons. The average molecular weight is 473 g/mol.